The van der Waals surface area contributed by atoms with Crippen molar-refractivity contribution < 1.29 is 15.3 Å². The average Bonchev–Trinajstić information content (AvgIpc) is 2.78. The lowest BCUT2D eigenvalue weighted by molar-refractivity contribution is 0.00303. The molecular formula is C27H30N2O3. The maximum Gasteiger partial charge on any atom is 0.171 e. The van der Waals surface area contributed by atoms with Gasteiger partial charge in [0.2, 0.25) is 0 Å². The van der Waals surface area contributed by atoms with E-state index in [1.165, 1.54) is 11.6 Å². The molecule has 32 heavy (non-hydrogen) atoms. The van der Waals surface area contributed by atoms with Crippen molar-refractivity contribution in [3.8, 4) is 5.75 Å². The standard InChI is InChI=1S/C27H30N2O3/c1-18(2)20-6-8-22(9-7-20)29-15-14-21-16-23(30)10-11-24(21)27(29,3)25-12-4-19(17-28-25)5-13-26(31)32/h4-13,16-18,26,30-32H,14-15H2,1-3H3. The summed E-state index contributed by atoms with van der Waals surface area (Å²) in [5.74, 6) is 0.747. The van der Waals surface area contributed by atoms with E-state index in [1.807, 2.05) is 24.3 Å². The Morgan fingerprint density at radius 2 is 1.78 bits per heavy atom. The summed E-state index contributed by atoms with van der Waals surface area (Å²) in [4.78, 5) is 7.16. The molecule has 4 rings (SSSR count). The summed E-state index contributed by atoms with van der Waals surface area (Å²) in [6.45, 7) is 7.36. The number of nitrogens with zero attached hydrogens (tertiary/aromatic N) is 2. The molecule has 1 atom stereocenters. The van der Waals surface area contributed by atoms with Crippen molar-refractivity contribution in [2.75, 3.05) is 11.4 Å². The normalized spacial score (nSPS) is 18.5. The fourth-order valence-corrected chi connectivity index (χ4v) is 4.55. The Balaban J connectivity index is 1.81. The second kappa shape index (κ2) is 8.77. The quantitative estimate of drug-likeness (QED) is 0.517. The maximum atomic E-state index is 10.1. The van der Waals surface area contributed by atoms with Crippen LogP contribution >= 0.6 is 0 Å². The van der Waals surface area contributed by atoms with Crippen LogP contribution < -0.4 is 4.90 Å². The summed E-state index contributed by atoms with van der Waals surface area (Å²) >= 11 is 0. The number of aliphatic hydroxyl groups excluding tert-OH is 1. The van der Waals surface area contributed by atoms with Gasteiger partial charge in [-0.25, -0.2) is 0 Å². The van der Waals surface area contributed by atoms with Crippen LogP contribution in [0.25, 0.3) is 6.08 Å². The number of aliphatic hydroxyl groups is 2. The van der Waals surface area contributed by atoms with Gasteiger partial charge in [0.1, 0.15) is 11.3 Å². The second-order valence-corrected chi connectivity index (χ2v) is 8.81. The molecule has 0 radical (unpaired) electrons. The summed E-state index contributed by atoms with van der Waals surface area (Å²) in [6.07, 6.45) is 4.03. The van der Waals surface area contributed by atoms with Crippen molar-refractivity contribution in [1.29, 1.82) is 0 Å². The first-order chi connectivity index (χ1) is 15.3. The molecule has 5 nitrogen and oxygen atoms in total. The van der Waals surface area contributed by atoms with Gasteiger partial charge in [-0.15, -0.1) is 0 Å². The van der Waals surface area contributed by atoms with Crippen LogP contribution in [0.3, 0.4) is 0 Å². The molecule has 0 aliphatic carbocycles. The molecule has 2 heterocycles. The number of phenols is 1. The number of anilines is 1. The molecule has 3 N–H and O–H groups in total. The van der Waals surface area contributed by atoms with Gasteiger partial charge in [0, 0.05) is 18.4 Å². The maximum absolute atomic E-state index is 10.1. The van der Waals surface area contributed by atoms with Crippen molar-refractivity contribution in [1.82, 2.24) is 4.98 Å². The van der Waals surface area contributed by atoms with Gasteiger partial charge >= 0.3 is 0 Å². The van der Waals surface area contributed by atoms with Crippen molar-refractivity contribution in [2.24, 2.45) is 0 Å². The van der Waals surface area contributed by atoms with Gasteiger partial charge in [-0.1, -0.05) is 44.2 Å². The first-order valence-corrected chi connectivity index (χ1v) is 11.0. The number of phenolic OH excluding ortho intramolecular Hbond substituents is 1. The van der Waals surface area contributed by atoms with E-state index in [9.17, 15) is 5.11 Å². The van der Waals surface area contributed by atoms with E-state index in [1.54, 1.807) is 18.3 Å². The number of pyridine rings is 1. The Labute approximate surface area is 189 Å². The molecule has 0 spiro atoms. The van der Waals surface area contributed by atoms with Gasteiger partial charge in [-0.3, -0.25) is 4.98 Å². The number of fused-ring (bicyclic) bond motifs is 1. The molecule has 0 amide bonds. The molecule has 1 aromatic heterocycles. The predicted molar refractivity (Wildman–Crippen MR) is 128 cm³/mol. The van der Waals surface area contributed by atoms with Crippen molar-refractivity contribution in [3.63, 3.8) is 0 Å². The zero-order chi connectivity index (χ0) is 22.9. The largest absolute Gasteiger partial charge is 0.508 e. The fraction of sp³-hybridized carbons (Fsp3) is 0.296. The van der Waals surface area contributed by atoms with Crippen LogP contribution in [-0.2, 0) is 12.0 Å². The fourth-order valence-electron chi connectivity index (χ4n) is 4.55. The summed E-state index contributed by atoms with van der Waals surface area (Å²) in [6, 6.07) is 18.2. The van der Waals surface area contributed by atoms with Crippen molar-refractivity contribution in [2.45, 2.75) is 44.9 Å². The molecule has 1 aliphatic heterocycles. The Morgan fingerprint density at radius 1 is 1.03 bits per heavy atom. The molecule has 0 fully saturated rings. The van der Waals surface area contributed by atoms with E-state index in [0.717, 1.165) is 41.0 Å². The van der Waals surface area contributed by atoms with Gasteiger partial charge in [0.25, 0.3) is 0 Å². The highest BCUT2D eigenvalue weighted by atomic mass is 16.5. The van der Waals surface area contributed by atoms with E-state index in [4.69, 9.17) is 15.2 Å². The van der Waals surface area contributed by atoms with Gasteiger partial charge in [0.15, 0.2) is 6.29 Å². The summed E-state index contributed by atoms with van der Waals surface area (Å²) in [5.41, 5.74) is 5.83. The van der Waals surface area contributed by atoms with E-state index >= 15 is 0 Å². The van der Waals surface area contributed by atoms with Crippen LogP contribution in [0.2, 0.25) is 0 Å². The zero-order valence-corrected chi connectivity index (χ0v) is 18.7. The highest BCUT2D eigenvalue weighted by Gasteiger charge is 2.41. The molecule has 166 valence electrons. The molecule has 2 aromatic carbocycles. The molecule has 0 saturated carbocycles. The minimum absolute atomic E-state index is 0.275. The number of benzene rings is 2. The number of aromatic nitrogens is 1. The van der Waals surface area contributed by atoms with Crippen LogP contribution in [0.5, 0.6) is 5.75 Å². The molecule has 5 heteroatoms. The molecular weight excluding hydrogens is 400 g/mol. The first-order valence-electron chi connectivity index (χ1n) is 11.0. The molecule has 1 aliphatic rings. The lowest BCUT2D eigenvalue weighted by atomic mass is 9.78. The Morgan fingerprint density at radius 3 is 2.41 bits per heavy atom. The summed E-state index contributed by atoms with van der Waals surface area (Å²) < 4.78 is 0. The van der Waals surface area contributed by atoms with Gasteiger partial charge in [-0.05, 0) is 77.9 Å². The van der Waals surface area contributed by atoms with E-state index in [0.29, 0.717) is 5.92 Å². The van der Waals surface area contributed by atoms with Crippen LogP contribution in [0.4, 0.5) is 5.69 Å². The highest BCUT2D eigenvalue weighted by Crippen LogP contribution is 2.43. The molecule has 1 unspecified atom stereocenters. The minimum Gasteiger partial charge on any atom is -0.508 e. The molecule has 0 saturated heterocycles. The third kappa shape index (κ3) is 4.14. The van der Waals surface area contributed by atoms with Crippen molar-refractivity contribution >= 4 is 11.8 Å². The Kier molecular flexibility index (Phi) is 6.04. The van der Waals surface area contributed by atoms with E-state index in [2.05, 4.69) is 49.9 Å². The lowest BCUT2D eigenvalue weighted by Gasteiger charge is -2.47. The first kappa shape index (κ1) is 22.1. The topological polar surface area (TPSA) is 76.8 Å². The van der Waals surface area contributed by atoms with E-state index < -0.39 is 11.8 Å². The van der Waals surface area contributed by atoms with Gasteiger partial charge in [0.05, 0.1) is 5.69 Å². The van der Waals surface area contributed by atoms with Crippen LogP contribution in [0.15, 0.2) is 66.9 Å². The number of hydrogen-bond acceptors (Lipinski definition) is 5. The van der Waals surface area contributed by atoms with E-state index in [-0.39, 0.29) is 5.75 Å². The number of aromatic hydroxyl groups is 1. The number of hydrogen-bond donors (Lipinski definition) is 3. The monoisotopic (exact) mass is 430 g/mol. The van der Waals surface area contributed by atoms with Crippen LogP contribution in [-0.4, -0.2) is 33.1 Å². The smallest absolute Gasteiger partial charge is 0.171 e. The molecule has 3 aromatic rings. The van der Waals surface area contributed by atoms with Gasteiger partial charge < -0.3 is 20.2 Å². The minimum atomic E-state index is -1.49. The second-order valence-electron chi connectivity index (χ2n) is 8.81. The van der Waals surface area contributed by atoms with Crippen molar-refractivity contribution in [3.05, 3.63) is 94.8 Å². The zero-order valence-electron chi connectivity index (χ0n) is 18.7. The Bertz CT molecular complexity index is 1100. The summed E-state index contributed by atoms with van der Waals surface area (Å²) in [5, 5.41) is 28.2. The third-order valence-electron chi connectivity index (χ3n) is 6.38. The SMILES string of the molecule is CC(C)c1ccc(N2CCc3cc(O)ccc3C2(C)c2ccc(C=CC(O)O)cn2)cc1. The predicted octanol–water partition coefficient (Wildman–Crippen LogP) is 4.56. The lowest BCUT2D eigenvalue weighted by Crippen LogP contribution is -2.50. The van der Waals surface area contributed by atoms with Crippen LogP contribution in [0.1, 0.15) is 54.6 Å². The molecule has 0 bridgehead atoms. The van der Waals surface area contributed by atoms with Gasteiger partial charge in [-0.2, -0.15) is 0 Å². The number of rotatable bonds is 5. The highest BCUT2D eigenvalue weighted by molar-refractivity contribution is 5.60. The third-order valence-corrected chi connectivity index (χ3v) is 6.38. The summed E-state index contributed by atoms with van der Waals surface area (Å²) in [7, 11) is 0. The van der Waals surface area contributed by atoms with Crippen LogP contribution in [0, 0.1) is 0 Å². The Hall–Kier alpha value is -3.15. The average molecular weight is 431 g/mol.